The fourth-order valence-electron chi connectivity index (χ4n) is 5.86. The van der Waals surface area contributed by atoms with E-state index in [0.717, 1.165) is 59.1 Å². The number of anilines is 1. The van der Waals surface area contributed by atoms with E-state index in [1.54, 1.807) is 0 Å². The standard InChI is InChI=1S/C35H39F3N4OS/c1-6-24-9-8-10-25(7-2)32(24)42-20-27(33-40-30(21-44-33)26-11-13-28(14-12-26)35(36,37)38)18-29(31(42)17-22(3)4)34(43)41-16-15-39-23(5)19-41/h8-14,17-18,21,23,39H,6-7,15-16,19-20H2,1-5H3/t23-/m1/s1. The summed E-state index contributed by atoms with van der Waals surface area (Å²) in [5, 5.41) is 6.04. The normalized spacial score (nSPS) is 17.5. The number of carbonyl (C=O) groups is 1. The molecule has 44 heavy (non-hydrogen) atoms. The van der Waals surface area contributed by atoms with Crippen LogP contribution in [0.15, 0.2) is 76.8 Å². The van der Waals surface area contributed by atoms with Crippen molar-refractivity contribution in [1.29, 1.82) is 0 Å². The highest BCUT2D eigenvalue weighted by molar-refractivity contribution is 7.11. The van der Waals surface area contributed by atoms with Gasteiger partial charge in [0.1, 0.15) is 5.01 Å². The van der Waals surface area contributed by atoms with Crippen LogP contribution >= 0.6 is 11.3 Å². The van der Waals surface area contributed by atoms with Gasteiger partial charge in [-0.05, 0) is 69.0 Å². The molecule has 3 heterocycles. The highest BCUT2D eigenvalue weighted by Crippen LogP contribution is 2.39. The number of nitrogens with one attached hydrogen (secondary N) is 1. The predicted octanol–water partition coefficient (Wildman–Crippen LogP) is 7.90. The zero-order chi connectivity index (χ0) is 31.6. The number of allylic oxidation sites excluding steroid dienone is 2. The monoisotopic (exact) mass is 620 g/mol. The summed E-state index contributed by atoms with van der Waals surface area (Å²) < 4.78 is 39.5. The van der Waals surface area contributed by atoms with Crippen molar-refractivity contribution in [2.45, 2.75) is 59.7 Å². The SMILES string of the molecule is CCc1cccc(CC)c1N1CC(c2nc(-c3ccc(C(F)(F)F)cc3)cs2)=CC(C(=O)N2CCN[C@H](C)C2)=C1C=C(C)C. The summed E-state index contributed by atoms with van der Waals surface area (Å²) in [6.45, 7) is 13.0. The van der Waals surface area contributed by atoms with Gasteiger partial charge in [0.05, 0.1) is 29.1 Å². The number of alkyl halides is 3. The molecule has 1 fully saturated rings. The van der Waals surface area contributed by atoms with E-state index in [0.29, 0.717) is 36.5 Å². The number of thiazole rings is 1. The van der Waals surface area contributed by atoms with Crippen LogP contribution in [-0.4, -0.2) is 48.0 Å². The Morgan fingerprint density at radius 1 is 1.09 bits per heavy atom. The van der Waals surface area contributed by atoms with Gasteiger partial charge < -0.3 is 15.1 Å². The third-order valence-electron chi connectivity index (χ3n) is 8.05. The first-order chi connectivity index (χ1) is 21.0. The van der Waals surface area contributed by atoms with Crippen LogP contribution in [0.4, 0.5) is 18.9 Å². The Kier molecular flexibility index (Phi) is 9.46. The molecule has 0 radical (unpaired) electrons. The molecule has 9 heteroatoms. The Morgan fingerprint density at radius 3 is 2.36 bits per heavy atom. The number of halogens is 3. The van der Waals surface area contributed by atoms with Gasteiger partial charge in [-0.3, -0.25) is 4.79 Å². The Bertz CT molecular complexity index is 1590. The zero-order valence-corrected chi connectivity index (χ0v) is 26.7. The second-order valence-corrected chi connectivity index (χ2v) is 12.5. The largest absolute Gasteiger partial charge is 0.416 e. The molecule has 1 saturated heterocycles. The van der Waals surface area contributed by atoms with Gasteiger partial charge in [0.15, 0.2) is 0 Å². The predicted molar refractivity (Wildman–Crippen MR) is 174 cm³/mol. The number of carbonyl (C=O) groups excluding carboxylic acids is 1. The molecule has 2 aliphatic rings. The van der Waals surface area contributed by atoms with Crippen LogP contribution in [0.1, 0.15) is 56.3 Å². The zero-order valence-electron chi connectivity index (χ0n) is 25.9. The van der Waals surface area contributed by atoms with Crippen molar-refractivity contribution < 1.29 is 18.0 Å². The fourth-order valence-corrected chi connectivity index (χ4v) is 6.69. The lowest BCUT2D eigenvalue weighted by atomic mass is 9.95. The lowest BCUT2D eigenvalue weighted by Crippen LogP contribution is -2.52. The average Bonchev–Trinajstić information content (AvgIpc) is 3.50. The molecule has 1 aromatic heterocycles. The van der Waals surface area contributed by atoms with E-state index in [2.05, 4.69) is 55.3 Å². The van der Waals surface area contributed by atoms with Crippen molar-refractivity contribution in [2.24, 2.45) is 0 Å². The minimum atomic E-state index is -4.39. The number of amides is 1. The number of piperazine rings is 1. The van der Waals surface area contributed by atoms with Crippen molar-refractivity contribution in [3.05, 3.63) is 98.5 Å². The minimum absolute atomic E-state index is 0.0143. The van der Waals surface area contributed by atoms with E-state index >= 15 is 0 Å². The molecular formula is C35H39F3N4OS. The molecule has 2 aromatic carbocycles. The van der Waals surface area contributed by atoms with Gasteiger partial charge >= 0.3 is 6.18 Å². The Balaban J connectivity index is 1.65. The van der Waals surface area contributed by atoms with E-state index in [1.807, 2.05) is 30.2 Å². The summed E-state index contributed by atoms with van der Waals surface area (Å²) in [5.74, 6) is -0.0143. The first-order valence-electron chi connectivity index (χ1n) is 15.1. The maximum absolute atomic E-state index is 14.3. The van der Waals surface area contributed by atoms with Crippen molar-refractivity contribution in [3.63, 3.8) is 0 Å². The Labute approximate surface area is 261 Å². The molecule has 5 nitrogen and oxygen atoms in total. The number of para-hydroxylation sites is 1. The smallest absolute Gasteiger partial charge is 0.336 e. The van der Waals surface area contributed by atoms with Crippen LogP contribution in [0.25, 0.3) is 16.8 Å². The topological polar surface area (TPSA) is 48.5 Å². The molecule has 0 aliphatic carbocycles. The van der Waals surface area contributed by atoms with Crippen LogP contribution in [0.5, 0.6) is 0 Å². The highest BCUT2D eigenvalue weighted by Gasteiger charge is 2.33. The summed E-state index contributed by atoms with van der Waals surface area (Å²) in [6, 6.07) is 11.7. The second kappa shape index (κ2) is 13.1. The summed E-state index contributed by atoms with van der Waals surface area (Å²) in [5.41, 5.74) is 7.56. The number of rotatable bonds is 7. The third kappa shape index (κ3) is 6.69. The van der Waals surface area contributed by atoms with E-state index < -0.39 is 11.7 Å². The molecule has 1 atom stereocenters. The molecule has 232 valence electrons. The van der Waals surface area contributed by atoms with Gasteiger partial charge in [-0.1, -0.05) is 49.8 Å². The van der Waals surface area contributed by atoms with Crippen LogP contribution in [-0.2, 0) is 23.8 Å². The van der Waals surface area contributed by atoms with Crippen LogP contribution in [0.3, 0.4) is 0 Å². The Morgan fingerprint density at radius 2 is 1.77 bits per heavy atom. The molecule has 0 unspecified atom stereocenters. The number of aryl methyl sites for hydroxylation is 2. The highest BCUT2D eigenvalue weighted by atomic mass is 32.1. The maximum Gasteiger partial charge on any atom is 0.416 e. The van der Waals surface area contributed by atoms with Gasteiger partial charge in [-0.25, -0.2) is 4.98 Å². The summed E-state index contributed by atoms with van der Waals surface area (Å²) in [4.78, 5) is 23.4. The van der Waals surface area contributed by atoms with Gasteiger partial charge in [-0.15, -0.1) is 11.3 Å². The lowest BCUT2D eigenvalue weighted by molar-refractivity contribution is -0.137. The molecule has 0 bridgehead atoms. The number of nitrogens with zero attached hydrogens (tertiary/aromatic N) is 3. The van der Waals surface area contributed by atoms with Crippen LogP contribution in [0.2, 0.25) is 0 Å². The van der Waals surface area contributed by atoms with Crippen molar-refractivity contribution in [1.82, 2.24) is 15.2 Å². The van der Waals surface area contributed by atoms with Gasteiger partial charge in [0, 0.05) is 47.9 Å². The van der Waals surface area contributed by atoms with Crippen molar-refractivity contribution >= 4 is 28.5 Å². The maximum atomic E-state index is 14.3. The first-order valence-corrected chi connectivity index (χ1v) is 16.0. The average molecular weight is 621 g/mol. The molecule has 5 rings (SSSR count). The number of hydrogen-bond donors (Lipinski definition) is 1. The van der Waals surface area contributed by atoms with E-state index in [1.165, 1.54) is 34.6 Å². The minimum Gasteiger partial charge on any atom is -0.336 e. The molecule has 0 saturated carbocycles. The van der Waals surface area contributed by atoms with Crippen molar-refractivity contribution in [2.75, 3.05) is 31.1 Å². The number of hydrogen-bond acceptors (Lipinski definition) is 5. The molecule has 0 spiro atoms. The van der Waals surface area contributed by atoms with Crippen LogP contribution < -0.4 is 10.2 Å². The molecule has 1 amide bonds. The molecule has 3 aromatic rings. The third-order valence-corrected chi connectivity index (χ3v) is 8.97. The second-order valence-electron chi connectivity index (χ2n) is 11.6. The summed E-state index contributed by atoms with van der Waals surface area (Å²) >= 11 is 1.44. The Hall–Kier alpha value is -3.69. The van der Waals surface area contributed by atoms with Gasteiger partial charge in [0.2, 0.25) is 0 Å². The number of benzene rings is 2. The van der Waals surface area contributed by atoms with E-state index in [9.17, 15) is 18.0 Å². The summed E-state index contributed by atoms with van der Waals surface area (Å²) in [7, 11) is 0. The van der Waals surface area contributed by atoms with E-state index in [-0.39, 0.29) is 11.9 Å². The number of aromatic nitrogens is 1. The van der Waals surface area contributed by atoms with Gasteiger partial charge in [0.25, 0.3) is 5.91 Å². The summed E-state index contributed by atoms with van der Waals surface area (Å²) in [6.07, 6.45) is 1.38. The van der Waals surface area contributed by atoms with Crippen molar-refractivity contribution in [3.8, 4) is 11.3 Å². The quantitative estimate of drug-likeness (QED) is 0.292. The first kappa shape index (κ1) is 31.7. The lowest BCUT2D eigenvalue weighted by Gasteiger charge is -2.37. The van der Waals surface area contributed by atoms with Gasteiger partial charge in [-0.2, -0.15) is 13.2 Å². The fraction of sp³-hybridized carbons (Fsp3) is 0.371. The molecule has 1 N–H and O–H groups in total. The molecular weight excluding hydrogens is 581 g/mol. The van der Waals surface area contributed by atoms with Crippen LogP contribution in [0, 0.1) is 0 Å². The molecule has 2 aliphatic heterocycles. The van der Waals surface area contributed by atoms with E-state index in [4.69, 9.17) is 4.98 Å².